The molecule has 6 aliphatic heterocycles. The summed E-state index contributed by atoms with van der Waals surface area (Å²) in [6.07, 6.45) is 4.21. The Hall–Kier alpha value is -14.0. The number of pyridine rings is 3. The van der Waals surface area contributed by atoms with Gasteiger partial charge in [0.2, 0.25) is 53.9 Å². The Bertz CT molecular complexity index is 6160. The lowest BCUT2D eigenvalue weighted by atomic mass is 9.91. The molecule has 0 saturated carbocycles. The lowest BCUT2D eigenvalue weighted by molar-refractivity contribution is 0.0114. The molecule has 30 nitrogen and oxygen atoms in total. The standard InChI is InChI=1S/2C30H24F2N4O6S.C29H22F2N4O6S2/c2*1-40-30(39)42-15-41-27-20(37)11-13-35-26(27)29(38)34-12-5-4-8-21(34)36(35)25-16-6-2-3-7-17(16)28-24(33-14-43-28)22-18(25)9-10-19(31)23(22)32;1-39-29(38)41-14-40-26-19(36)8-9-34-25(26)28(37)33-10-11-42-12-20(33)35(34)24-15-4-2-3-5-16(15)27-23(32-13-43-27)21-17(24)6-7-18(30)22(21)31/h2*2-3,6-7,9-11,13-14,21,25H,4-5,8,12,15H2,1H3;2-9,13,20,24H,10-12,14H2,1H3/t21-,25-;;/m1../s1. The number of nitrogens with zero attached hydrogens (tertiary/aromatic N) is 12. The third-order valence-electron chi connectivity index (χ3n) is 23.8. The van der Waals surface area contributed by atoms with E-state index < -0.39 is 144 Å². The lowest BCUT2D eigenvalue weighted by Crippen LogP contribution is -2.65. The van der Waals surface area contributed by atoms with Gasteiger partial charge in [-0.15, -0.1) is 34.0 Å². The predicted octanol–water partition coefficient (Wildman–Crippen LogP) is 14.7. The van der Waals surface area contributed by atoms with Gasteiger partial charge in [0.05, 0.1) is 87.7 Å². The van der Waals surface area contributed by atoms with Gasteiger partial charge in [0.25, 0.3) is 17.7 Å². The number of aromatic nitrogens is 6. The maximum absolute atomic E-state index is 15.8. The van der Waals surface area contributed by atoms with Gasteiger partial charge in [-0.25, -0.2) is 55.7 Å². The molecule has 4 unspecified atom stereocenters. The number of methoxy groups -OCH3 is 3. The zero-order chi connectivity index (χ0) is 89.5. The molecule has 12 aromatic rings. The second-order valence-electron chi connectivity index (χ2n) is 30.4. The zero-order valence-electron chi connectivity index (χ0n) is 68.1. The summed E-state index contributed by atoms with van der Waals surface area (Å²) in [6, 6.07) is 32.2. The molecule has 129 heavy (non-hydrogen) atoms. The second-order valence-corrected chi connectivity index (χ2v) is 34.1. The molecule has 3 fully saturated rings. The summed E-state index contributed by atoms with van der Waals surface area (Å²) in [7, 11) is 3.39. The summed E-state index contributed by atoms with van der Waals surface area (Å²) in [4.78, 5) is 136. The molecule has 3 amide bonds. The quantitative estimate of drug-likeness (QED) is 0.0475. The van der Waals surface area contributed by atoms with Gasteiger partial charge in [0.1, 0.15) is 18.5 Å². The Kier molecular flexibility index (Phi) is 22.7. The van der Waals surface area contributed by atoms with Crippen molar-refractivity contribution in [2.45, 2.75) is 75.1 Å². The van der Waals surface area contributed by atoms with Crippen molar-refractivity contribution in [3.63, 3.8) is 0 Å². The Balaban J connectivity index is 0.000000126. The summed E-state index contributed by atoms with van der Waals surface area (Å²) < 4.78 is 141. The van der Waals surface area contributed by atoms with Crippen LogP contribution in [0.2, 0.25) is 0 Å². The largest absolute Gasteiger partial charge is 0.510 e. The molecule has 3 aliphatic carbocycles. The van der Waals surface area contributed by atoms with E-state index in [4.69, 9.17) is 28.4 Å². The Morgan fingerprint density at radius 2 is 0.705 bits per heavy atom. The van der Waals surface area contributed by atoms with E-state index in [1.807, 2.05) is 87.8 Å². The third kappa shape index (κ3) is 14.3. The minimum absolute atomic E-state index is 0.0370. The van der Waals surface area contributed by atoms with Crippen LogP contribution in [-0.4, -0.2) is 171 Å². The van der Waals surface area contributed by atoms with Crippen molar-refractivity contribution in [2.75, 3.05) is 87.9 Å². The average molecular weight is 1840 g/mol. The van der Waals surface area contributed by atoms with Crippen LogP contribution in [0.3, 0.4) is 0 Å². The summed E-state index contributed by atoms with van der Waals surface area (Å²) in [5, 5.41) is 5.76. The number of halogens is 6. The van der Waals surface area contributed by atoms with Crippen molar-refractivity contribution in [3.05, 3.63) is 279 Å². The number of hydrogen-bond acceptors (Lipinski definition) is 28. The van der Waals surface area contributed by atoms with E-state index in [1.54, 1.807) is 75.2 Å². The first-order chi connectivity index (χ1) is 62.7. The topological polar surface area (TPSA) is 310 Å². The normalized spacial score (nSPS) is 18.4. The first kappa shape index (κ1) is 84.5. The van der Waals surface area contributed by atoms with Crippen LogP contribution >= 0.6 is 45.8 Å². The molecule has 0 spiro atoms. The van der Waals surface area contributed by atoms with Crippen molar-refractivity contribution in [3.8, 4) is 82.3 Å². The monoisotopic (exact) mass is 1840 g/mol. The predicted molar refractivity (Wildman–Crippen MR) is 457 cm³/mol. The van der Waals surface area contributed by atoms with Crippen LogP contribution in [0.15, 0.2) is 177 Å². The van der Waals surface area contributed by atoms with Gasteiger partial charge in [0.15, 0.2) is 52.0 Å². The Morgan fingerprint density at radius 3 is 1.04 bits per heavy atom. The second kappa shape index (κ2) is 34.6. The minimum atomic E-state index is -1.02. The van der Waals surface area contributed by atoms with Crippen LogP contribution in [0.25, 0.3) is 65.1 Å². The third-order valence-corrected chi connectivity index (χ3v) is 27.4. The van der Waals surface area contributed by atoms with E-state index in [-0.39, 0.29) is 51.0 Å². The highest BCUT2D eigenvalue weighted by Gasteiger charge is 2.52. The molecule has 3 saturated heterocycles. The fraction of sp³-hybridized carbons (Fsp3) is 0.258. The number of benzene rings is 6. The molecule has 6 aromatic heterocycles. The maximum Gasteiger partial charge on any atom is 0.510 e. The van der Waals surface area contributed by atoms with Gasteiger partial charge >= 0.3 is 18.5 Å². The number of thioether (sulfide) groups is 1. The summed E-state index contributed by atoms with van der Waals surface area (Å²) in [5.74, 6) is -7.11. The molecule has 0 bridgehead atoms. The molecule has 0 radical (unpaired) electrons. The van der Waals surface area contributed by atoms with Crippen molar-refractivity contribution >= 4 is 82.0 Å². The van der Waals surface area contributed by atoms with Crippen LogP contribution in [0.4, 0.5) is 40.7 Å². The number of piperidine rings is 2. The summed E-state index contributed by atoms with van der Waals surface area (Å²) in [6.45, 7) is -0.803. The van der Waals surface area contributed by atoms with Gasteiger partial charge < -0.3 is 57.3 Å². The number of hydrogen-bond donors (Lipinski definition) is 0. The number of ether oxygens (including phenoxy) is 9. The molecule has 9 aliphatic rings. The molecule has 660 valence electrons. The molecule has 12 heterocycles. The summed E-state index contributed by atoms with van der Waals surface area (Å²) >= 11 is 5.65. The fourth-order valence-corrected chi connectivity index (χ4v) is 22.0. The van der Waals surface area contributed by atoms with Gasteiger partial charge in [0, 0.05) is 84.6 Å². The smallest absolute Gasteiger partial charge is 0.451 e. The minimum Gasteiger partial charge on any atom is -0.451 e. The van der Waals surface area contributed by atoms with E-state index in [9.17, 15) is 56.3 Å². The van der Waals surface area contributed by atoms with Crippen molar-refractivity contribution in [2.24, 2.45) is 0 Å². The molecule has 6 aromatic carbocycles. The van der Waals surface area contributed by atoms with Crippen LogP contribution in [-0.2, 0) is 28.4 Å². The van der Waals surface area contributed by atoms with Gasteiger partial charge in [-0.05, 0) is 107 Å². The van der Waals surface area contributed by atoms with Gasteiger partial charge in [-0.2, -0.15) is 11.8 Å². The Morgan fingerprint density at radius 1 is 0.388 bits per heavy atom. The van der Waals surface area contributed by atoms with Crippen LogP contribution in [0.1, 0.15) is 121 Å². The summed E-state index contributed by atoms with van der Waals surface area (Å²) in [5.41, 5.74) is 10.1. The maximum atomic E-state index is 15.8. The highest BCUT2D eigenvalue weighted by atomic mass is 32.2. The van der Waals surface area contributed by atoms with E-state index in [0.29, 0.717) is 92.4 Å². The van der Waals surface area contributed by atoms with E-state index in [1.165, 1.54) is 70.8 Å². The van der Waals surface area contributed by atoms with Crippen LogP contribution in [0.5, 0.6) is 17.2 Å². The number of rotatable bonds is 12. The van der Waals surface area contributed by atoms with Crippen molar-refractivity contribution < 1.29 is 97.7 Å². The lowest BCUT2D eigenvalue weighted by Gasteiger charge is -2.52. The molecule has 21 rings (SSSR count). The average Bonchev–Trinajstić information content (AvgIpc) is 1.71. The van der Waals surface area contributed by atoms with E-state index >= 15 is 13.2 Å². The molecular formula is C89H70F6N12O18S4. The fourth-order valence-electron chi connectivity index (χ4n) is 18.5. The number of fused-ring (bicyclic) bond motifs is 21. The van der Waals surface area contributed by atoms with E-state index in [0.717, 1.165) is 98.6 Å². The van der Waals surface area contributed by atoms with Gasteiger partial charge in [-0.1, -0.05) is 91.0 Å². The molecule has 40 heteroatoms. The van der Waals surface area contributed by atoms with E-state index in [2.05, 4.69) is 29.2 Å². The molecular weight excluding hydrogens is 1770 g/mol. The Labute approximate surface area is 743 Å². The first-order valence-electron chi connectivity index (χ1n) is 40.4. The number of carbonyl (C=O) groups excluding carboxylic acids is 6. The first-order valence-corrected chi connectivity index (χ1v) is 44.2. The molecule has 6 atom stereocenters. The van der Waals surface area contributed by atoms with Crippen molar-refractivity contribution in [1.82, 2.24) is 43.7 Å². The highest BCUT2D eigenvalue weighted by Crippen LogP contribution is 2.55. The van der Waals surface area contributed by atoms with Crippen LogP contribution in [0, 0.1) is 34.9 Å². The zero-order valence-corrected chi connectivity index (χ0v) is 71.3. The van der Waals surface area contributed by atoms with Crippen LogP contribution < -0.4 is 45.5 Å². The number of carbonyl (C=O) groups is 6. The highest BCUT2D eigenvalue weighted by molar-refractivity contribution is 7.99. The SMILES string of the molecule is COC(=O)OCOc1c2n(ccc1=O)N(C1c3ccccc3-c3scnc3-c3c1ccc(F)c3F)C1CCCCN1C2=O.COC(=O)OCOc1c2n(ccc1=O)N(C1c3ccccc3-c3scnc3-c3c1ccc(F)c3F)C1CSCCN1C2=O.COC(=O)OCOc1c2n(ccc1=O)N([C@@H]1c3ccccc3-c3scnc3-c3c1ccc(F)c3F)[C@@H]1CCCCN1C2=O. The number of thiazole rings is 3. The van der Waals surface area contributed by atoms with Gasteiger partial charge in [-0.3, -0.25) is 57.8 Å². The molecule has 0 N–H and O–H groups in total. The number of amides is 3. The van der Waals surface area contributed by atoms with Crippen molar-refractivity contribution in [1.29, 1.82) is 0 Å².